The summed E-state index contributed by atoms with van der Waals surface area (Å²) in [5.41, 5.74) is 1.91. The van der Waals surface area contributed by atoms with Gasteiger partial charge in [-0.05, 0) is 44.4 Å². The zero-order valence-electron chi connectivity index (χ0n) is 18.7. The van der Waals surface area contributed by atoms with Gasteiger partial charge in [0.05, 0.1) is 30.9 Å². The van der Waals surface area contributed by atoms with Crippen LogP contribution < -0.4 is 10.1 Å². The van der Waals surface area contributed by atoms with Crippen LogP contribution in [0.1, 0.15) is 39.5 Å². The van der Waals surface area contributed by atoms with Crippen LogP contribution in [0.4, 0.5) is 9.52 Å². The summed E-state index contributed by atoms with van der Waals surface area (Å²) in [7, 11) is 1.46. The van der Waals surface area contributed by atoms with E-state index < -0.39 is 11.7 Å². The largest absolute Gasteiger partial charge is 0.496 e. The van der Waals surface area contributed by atoms with Crippen molar-refractivity contribution in [1.82, 2.24) is 15.2 Å². The van der Waals surface area contributed by atoms with Crippen LogP contribution in [0, 0.1) is 19.7 Å². The van der Waals surface area contributed by atoms with Crippen molar-refractivity contribution < 1.29 is 23.4 Å². The van der Waals surface area contributed by atoms with Gasteiger partial charge in [0.2, 0.25) is 5.13 Å². The summed E-state index contributed by atoms with van der Waals surface area (Å²) in [6.07, 6.45) is 3.39. The van der Waals surface area contributed by atoms with E-state index in [4.69, 9.17) is 14.2 Å². The first-order chi connectivity index (χ1) is 16.0. The number of carbonyl (C=O) groups is 1. The zero-order chi connectivity index (χ0) is 23.4. The Bertz CT molecular complexity index is 1150. The molecule has 33 heavy (non-hydrogen) atoms. The Kier molecular flexibility index (Phi) is 7.26. The molecule has 1 aliphatic rings. The summed E-state index contributed by atoms with van der Waals surface area (Å²) in [5, 5.41) is 11.8. The Morgan fingerprint density at radius 2 is 2.18 bits per heavy atom. The van der Waals surface area contributed by atoms with Crippen LogP contribution in [0.2, 0.25) is 0 Å². The van der Waals surface area contributed by atoms with E-state index in [2.05, 4.69) is 20.5 Å². The van der Waals surface area contributed by atoms with Crippen molar-refractivity contribution in [3.63, 3.8) is 0 Å². The fourth-order valence-electron chi connectivity index (χ4n) is 3.59. The summed E-state index contributed by atoms with van der Waals surface area (Å²) < 4.78 is 31.7. The van der Waals surface area contributed by atoms with E-state index >= 15 is 4.39 Å². The fourth-order valence-corrected chi connectivity index (χ4v) is 4.25. The van der Waals surface area contributed by atoms with Gasteiger partial charge in [-0.25, -0.2) is 4.39 Å². The SMILES string of the molecule is COc1ccc(C)c(F)c1-c1cc(C)ncc1C(=O)Nc1nnc(COC2CCCOC2)s1. The molecule has 1 atom stereocenters. The topological polar surface area (TPSA) is 95.5 Å². The lowest BCUT2D eigenvalue weighted by Crippen LogP contribution is -2.25. The normalized spacial score (nSPS) is 15.9. The molecule has 1 N–H and O–H groups in total. The van der Waals surface area contributed by atoms with Gasteiger partial charge in [-0.15, -0.1) is 10.2 Å². The Morgan fingerprint density at radius 1 is 1.33 bits per heavy atom. The van der Waals surface area contributed by atoms with Gasteiger partial charge in [0, 0.05) is 24.1 Å². The highest BCUT2D eigenvalue weighted by atomic mass is 32.1. The highest BCUT2D eigenvalue weighted by Gasteiger charge is 2.22. The van der Waals surface area contributed by atoms with Gasteiger partial charge in [-0.3, -0.25) is 15.1 Å². The van der Waals surface area contributed by atoms with Crippen LogP contribution in [0.5, 0.6) is 5.75 Å². The van der Waals surface area contributed by atoms with Gasteiger partial charge in [0.15, 0.2) is 0 Å². The number of benzene rings is 1. The lowest BCUT2D eigenvalue weighted by atomic mass is 9.97. The molecule has 0 aliphatic carbocycles. The number of hydrogen-bond acceptors (Lipinski definition) is 8. The Labute approximate surface area is 195 Å². The van der Waals surface area contributed by atoms with Crippen molar-refractivity contribution >= 4 is 22.4 Å². The van der Waals surface area contributed by atoms with Crippen molar-refractivity contribution in [2.75, 3.05) is 25.6 Å². The number of rotatable bonds is 7. The molecule has 1 unspecified atom stereocenters. The monoisotopic (exact) mass is 472 g/mol. The van der Waals surface area contributed by atoms with E-state index in [0.717, 1.165) is 19.4 Å². The maximum atomic E-state index is 15.1. The van der Waals surface area contributed by atoms with Crippen LogP contribution in [0.15, 0.2) is 24.4 Å². The highest BCUT2D eigenvalue weighted by Crippen LogP contribution is 2.36. The van der Waals surface area contributed by atoms with Gasteiger partial charge in [-0.1, -0.05) is 17.4 Å². The fraction of sp³-hybridized carbons (Fsp3) is 0.391. The summed E-state index contributed by atoms with van der Waals surface area (Å²) >= 11 is 1.22. The molecular weight excluding hydrogens is 447 g/mol. The van der Waals surface area contributed by atoms with Gasteiger partial charge in [0.1, 0.15) is 23.2 Å². The molecule has 8 nitrogen and oxygen atoms in total. The van der Waals surface area contributed by atoms with Gasteiger partial charge < -0.3 is 14.2 Å². The molecule has 1 fully saturated rings. The molecule has 1 saturated heterocycles. The molecule has 1 aromatic carbocycles. The molecule has 1 aliphatic heterocycles. The van der Waals surface area contributed by atoms with E-state index in [1.807, 2.05) is 0 Å². The molecule has 0 bridgehead atoms. The zero-order valence-corrected chi connectivity index (χ0v) is 19.5. The number of anilines is 1. The molecule has 2 aromatic heterocycles. The van der Waals surface area contributed by atoms with Crippen LogP contribution in [-0.2, 0) is 16.1 Å². The third-order valence-corrected chi connectivity index (χ3v) is 6.13. The number of nitrogens with one attached hydrogen (secondary N) is 1. The summed E-state index contributed by atoms with van der Waals surface area (Å²) in [6.45, 7) is 5.08. The highest BCUT2D eigenvalue weighted by molar-refractivity contribution is 7.15. The minimum atomic E-state index is -0.468. The molecule has 1 amide bonds. The van der Waals surface area contributed by atoms with Crippen molar-refractivity contribution in [2.24, 2.45) is 0 Å². The summed E-state index contributed by atoms with van der Waals surface area (Å²) in [6, 6.07) is 4.98. The second-order valence-corrected chi connectivity index (χ2v) is 8.81. The lowest BCUT2D eigenvalue weighted by molar-refractivity contribution is -0.0570. The van der Waals surface area contributed by atoms with Gasteiger partial charge >= 0.3 is 0 Å². The molecule has 174 valence electrons. The van der Waals surface area contributed by atoms with E-state index in [9.17, 15) is 4.79 Å². The number of nitrogens with zero attached hydrogens (tertiary/aromatic N) is 3. The average molecular weight is 473 g/mol. The van der Waals surface area contributed by atoms with Crippen LogP contribution in [-0.4, -0.2) is 47.5 Å². The van der Waals surface area contributed by atoms with E-state index in [1.54, 1.807) is 32.0 Å². The number of amides is 1. The molecular formula is C23H25FN4O4S. The van der Waals surface area contributed by atoms with E-state index in [0.29, 0.717) is 45.9 Å². The minimum Gasteiger partial charge on any atom is -0.496 e. The number of carbonyl (C=O) groups excluding carboxylic acids is 1. The number of hydrogen-bond donors (Lipinski definition) is 1. The third-order valence-electron chi connectivity index (χ3n) is 5.32. The van der Waals surface area contributed by atoms with Crippen molar-refractivity contribution in [1.29, 1.82) is 0 Å². The molecule has 0 saturated carbocycles. The Balaban J connectivity index is 1.54. The number of halogens is 1. The Hall–Kier alpha value is -2.95. The predicted molar refractivity (Wildman–Crippen MR) is 122 cm³/mol. The molecule has 3 heterocycles. The standard InChI is InChI=1S/C23H25FN4O4S/c1-13-6-7-18(30-3)20(21(13)24)16-9-14(2)25-10-17(16)22(29)26-23-28-27-19(33-23)12-32-15-5-4-8-31-11-15/h6-7,9-10,15H,4-5,8,11-12H2,1-3H3,(H,26,28,29). The molecule has 10 heteroatoms. The van der Waals surface area contributed by atoms with E-state index in [-0.39, 0.29) is 17.2 Å². The van der Waals surface area contributed by atoms with Crippen molar-refractivity contribution in [3.05, 3.63) is 52.0 Å². The number of methoxy groups -OCH3 is 1. The van der Waals surface area contributed by atoms with Crippen LogP contribution in [0.25, 0.3) is 11.1 Å². The summed E-state index contributed by atoms with van der Waals surface area (Å²) in [5.74, 6) is -0.583. The second kappa shape index (κ2) is 10.3. The third kappa shape index (κ3) is 5.35. The first-order valence-corrected chi connectivity index (χ1v) is 11.4. The average Bonchev–Trinajstić information content (AvgIpc) is 3.27. The smallest absolute Gasteiger partial charge is 0.259 e. The van der Waals surface area contributed by atoms with Crippen molar-refractivity contribution in [3.8, 4) is 16.9 Å². The Morgan fingerprint density at radius 3 is 2.94 bits per heavy atom. The van der Waals surface area contributed by atoms with Crippen LogP contribution in [0.3, 0.4) is 0 Å². The maximum absolute atomic E-state index is 15.1. The molecule has 3 aromatic rings. The molecule has 0 spiro atoms. The number of aryl methyl sites for hydroxylation is 2. The first kappa shape index (κ1) is 23.2. The summed E-state index contributed by atoms with van der Waals surface area (Å²) in [4.78, 5) is 17.3. The number of aromatic nitrogens is 3. The second-order valence-electron chi connectivity index (χ2n) is 7.75. The lowest BCUT2D eigenvalue weighted by Gasteiger charge is -2.21. The predicted octanol–water partition coefficient (Wildman–Crippen LogP) is 4.31. The quantitative estimate of drug-likeness (QED) is 0.547. The van der Waals surface area contributed by atoms with Crippen LogP contribution >= 0.6 is 11.3 Å². The minimum absolute atomic E-state index is 0.0427. The first-order valence-electron chi connectivity index (χ1n) is 10.6. The van der Waals surface area contributed by atoms with E-state index in [1.165, 1.54) is 24.6 Å². The van der Waals surface area contributed by atoms with Crippen molar-refractivity contribution in [2.45, 2.75) is 39.4 Å². The van der Waals surface area contributed by atoms with Gasteiger partial charge in [0.25, 0.3) is 5.91 Å². The van der Waals surface area contributed by atoms with Gasteiger partial charge in [-0.2, -0.15) is 0 Å². The maximum Gasteiger partial charge on any atom is 0.259 e. The molecule has 4 rings (SSSR count). The molecule has 0 radical (unpaired) electrons. The number of ether oxygens (including phenoxy) is 3. The number of pyridine rings is 1.